The molecule has 0 heterocycles. The minimum absolute atomic E-state index is 1.04. The molecule has 0 bridgehead atoms. The van der Waals surface area contributed by atoms with Crippen LogP contribution in [0.25, 0.3) is 0 Å². The van der Waals surface area contributed by atoms with Crippen molar-refractivity contribution in [3.8, 4) is 0 Å². The van der Waals surface area contributed by atoms with Crippen LogP contribution in [0.3, 0.4) is 0 Å². The molecule has 0 spiro atoms. The van der Waals surface area contributed by atoms with Crippen LogP contribution in [0.5, 0.6) is 0 Å². The van der Waals surface area contributed by atoms with Gasteiger partial charge in [0, 0.05) is 10.8 Å². The number of benzene rings is 1. The number of rotatable bonds is 6. The predicted molar refractivity (Wildman–Crippen MR) is 71.2 cm³/mol. The molecule has 81 valence electrons. The Hall–Kier alpha value is -0.690. The molecule has 0 fully saturated rings. The fourth-order valence-corrected chi connectivity index (χ4v) is 2.14. The van der Waals surface area contributed by atoms with Gasteiger partial charge in [0.2, 0.25) is 0 Å². The van der Waals surface area contributed by atoms with Gasteiger partial charge in [-0.2, -0.15) is 0 Å². The molecule has 0 aliphatic rings. The van der Waals surface area contributed by atoms with Gasteiger partial charge in [0.15, 0.2) is 0 Å². The molecule has 1 heteroatoms. The maximum absolute atomic E-state index is 5.49. The molecular formula is C14H19S. The highest BCUT2D eigenvalue weighted by molar-refractivity contribution is 7.80. The second kappa shape index (κ2) is 6.73. The van der Waals surface area contributed by atoms with Gasteiger partial charge in [-0.25, -0.2) is 0 Å². The molecule has 0 saturated heterocycles. The van der Waals surface area contributed by atoms with E-state index in [1.54, 1.807) is 0 Å². The van der Waals surface area contributed by atoms with Gasteiger partial charge in [-0.05, 0) is 18.4 Å². The summed E-state index contributed by atoms with van der Waals surface area (Å²) < 4.78 is 0. The Balaban J connectivity index is 2.78. The van der Waals surface area contributed by atoms with Crippen LogP contribution in [0.1, 0.15) is 45.1 Å². The zero-order valence-electron chi connectivity index (χ0n) is 9.62. The largest absolute Gasteiger partial charge is 0.0887 e. The minimum Gasteiger partial charge on any atom is -0.0887 e. The minimum atomic E-state index is 1.04. The Labute approximate surface area is 98.7 Å². The third-order valence-electron chi connectivity index (χ3n) is 2.44. The fraction of sp³-hybridized carbons (Fsp3) is 0.429. The highest BCUT2D eigenvalue weighted by Crippen LogP contribution is 2.24. The molecule has 0 unspecified atom stereocenters. The molecule has 1 aromatic rings. The number of hydrogen-bond donors (Lipinski definition) is 0. The molecule has 1 rings (SSSR count). The average Bonchev–Trinajstić information content (AvgIpc) is 2.27. The molecule has 0 atom stereocenters. The van der Waals surface area contributed by atoms with Crippen molar-refractivity contribution in [3.05, 3.63) is 41.8 Å². The molecular weight excluding hydrogens is 200 g/mol. The Morgan fingerprint density at radius 3 is 2.13 bits per heavy atom. The first-order chi connectivity index (χ1) is 7.29. The predicted octanol–water partition coefficient (Wildman–Crippen LogP) is 4.58. The molecule has 0 N–H and O–H groups in total. The molecule has 0 nitrogen and oxygen atoms in total. The SMILES string of the molecule is CCC[C](C(=S)CCC)c1ccccc1. The van der Waals surface area contributed by atoms with Crippen molar-refractivity contribution in [2.45, 2.75) is 39.5 Å². The second-order valence-corrected chi connectivity index (χ2v) is 4.26. The van der Waals surface area contributed by atoms with Crippen LogP contribution in [-0.4, -0.2) is 4.86 Å². The summed E-state index contributed by atoms with van der Waals surface area (Å²) in [6.45, 7) is 4.39. The van der Waals surface area contributed by atoms with E-state index in [4.69, 9.17) is 12.2 Å². The molecule has 15 heavy (non-hydrogen) atoms. The second-order valence-electron chi connectivity index (χ2n) is 3.77. The van der Waals surface area contributed by atoms with Crippen LogP contribution in [0.4, 0.5) is 0 Å². The van der Waals surface area contributed by atoms with Gasteiger partial charge in [0.05, 0.1) is 0 Å². The van der Waals surface area contributed by atoms with Gasteiger partial charge in [0.1, 0.15) is 0 Å². The summed E-state index contributed by atoms with van der Waals surface area (Å²) in [5.41, 5.74) is 1.30. The number of hydrogen-bond acceptors (Lipinski definition) is 1. The van der Waals surface area contributed by atoms with E-state index in [2.05, 4.69) is 44.2 Å². The third-order valence-corrected chi connectivity index (χ3v) is 2.89. The van der Waals surface area contributed by atoms with Crippen molar-refractivity contribution in [3.63, 3.8) is 0 Å². The first-order valence-electron chi connectivity index (χ1n) is 5.74. The summed E-state index contributed by atoms with van der Waals surface area (Å²) in [6, 6.07) is 10.5. The van der Waals surface area contributed by atoms with Crippen LogP contribution >= 0.6 is 12.2 Å². The van der Waals surface area contributed by atoms with E-state index in [1.807, 2.05) is 0 Å². The van der Waals surface area contributed by atoms with E-state index in [1.165, 1.54) is 11.5 Å². The lowest BCUT2D eigenvalue weighted by Gasteiger charge is -2.16. The quantitative estimate of drug-likeness (QED) is 0.631. The summed E-state index contributed by atoms with van der Waals surface area (Å²) in [4.78, 5) is 1.14. The summed E-state index contributed by atoms with van der Waals surface area (Å²) >= 11 is 5.49. The first-order valence-corrected chi connectivity index (χ1v) is 6.14. The van der Waals surface area contributed by atoms with Crippen LogP contribution in [0.2, 0.25) is 0 Å². The first kappa shape index (κ1) is 12.4. The Kier molecular flexibility index (Phi) is 5.56. The van der Waals surface area contributed by atoms with Crippen molar-refractivity contribution in [2.24, 2.45) is 0 Å². The van der Waals surface area contributed by atoms with Crippen molar-refractivity contribution in [2.75, 3.05) is 0 Å². The van der Waals surface area contributed by atoms with Crippen molar-refractivity contribution >= 4 is 17.1 Å². The van der Waals surface area contributed by atoms with E-state index in [0.29, 0.717) is 0 Å². The normalized spacial score (nSPS) is 10.6. The molecule has 0 saturated carbocycles. The maximum atomic E-state index is 5.49. The molecule has 1 radical (unpaired) electrons. The van der Waals surface area contributed by atoms with E-state index >= 15 is 0 Å². The van der Waals surface area contributed by atoms with Gasteiger partial charge < -0.3 is 0 Å². The summed E-state index contributed by atoms with van der Waals surface area (Å²) in [5, 5.41) is 0. The van der Waals surface area contributed by atoms with E-state index in [0.717, 1.165) is 30.5 Å². The van der Waals surface area contributed by atoms with Crippen molar-refractivity contribution in [1.29, 1.82) is 0 Å². The van der Waals surface area contributed by atoms with E-state index in [-0.39, 0.29) is 0 Å². The monoisotopic (exact) mass is 219 g/mol. The van der Waals surface area contributed by atoms with Gasteiger partial charge in [-0.1, -0.05) is 69.2 Å². The van der Waals surface area contributed by atoms with Crippen LogP contribution in [0, 0.1) is 5.92 Å². The lowest BCUT2D eigenvalue weighted by atomic mass is 9.89. The lowest BCUT2D eigenvalue weighted by Crippen LogP contribution is -2.11. The van der Waals surface area contributed by atoms with Gasteiger partial charge in [0.25, 0.3) is 0 Å². The topological polar surface area (TPSA) is 0 Å². The van der Waals surface area contributed by atoms with E-state index < -0.39 is 0 Å². The smallest absolute Gasteiger partial charge is 0.0408 e. The number of thiocarbonyl (C=S) groups is 1. The Bertz CT molecular complexity index is 289. The summed E-state index contributed by atoms with van der Waals surface area (Å²) in [6.07, 6.45) is 4.44. The Morgan fingerprint density at radius 2 is 1.60 bits per heavy atom. The highest BCUT2D eigenvalue weighted by Gasteiger charge is 2.15. The zero-order valence-corrected chi connectivity index (χ0v) is 10.4. The van der Waals surface area contributed by atoms with Crippen LogP contribution in [-0.2, 0) is 0 Å². The van der Waals surface area contributed by atoms with Crippen LogP contribution < -0.4 is 0 Å². The third kappa shape index (κ3) is 3.75. The summed E-state index contributed by atoms with van der Waals surface area (Å²) in [5.74, 6) is 1.37. The fourth-order valence-electron chi connectivity index (χ4n) is 1.71. The standard InChI is InChI=1S/C14H19S/c1-3-8-13(14(15)9-4-2)12-10-6-5-7-11-12/h5-7,10-11H,3-4,8-9H2,1-2H3. The summed E-state index contributed by atoms with van der Waals surface area (Å²) in [7, 11) is 0. The van der Waals surface area contributed by atoms with E-state index in [9.17, 15) is 0 Å². The van der Waals surface area contributed by atoms with Crippen molar-refractivity contribution in [1.82, 2.24) is 0 Å². The van der Waals surface area contributed by atoms with Gasteiger partial charge in [-0.3, -0.25) is 0 Å². The zero-order chi connectivity index (χ0) is 11.1. The molecule has 0 aromatic heterocycles. The average molecular weight is 219 g/mol. The van der Waals surface area contributed by atoms with Crippen molar-refractivity contribution < 1.29 is 0 Å². The van der Waals surface area contributed by atoms with Crippen LogP contribution in [0.15, 0.2) is 30.3 Å². The Morgan fingerprint density at radius 1 is 1.00 bits per heavy atom. The maximum Gasteiger partial charge on any atom is 0.0408 e. The molecule has 0 aliphatic heterocycles. The van der Waals surface area contributed by atoms with Gasteiger partial charge in [-0.15, -0.1) is 0 Å². The molecule has 0 amide bonds. The molecule has 1 aromatic carbocycles. The molecule has 0 aliphatic carbocycles. The lowest BCUT2D eigenvalue weighted by molar-refractivity contribution is 0.864. The van der Waals surface area contributed by atoms with Gasteiger partial charge >= 0.3 is 0 Å². The highest BCUT2D eigenvalue weighted by atomic mass is 32.1.